The zero-order valence-corrected chi connectivity index (χ0v) is 18.6. The number of hydrogen-bond acceptors (Lipinski definition) is 3. The molecular weight excluding hydrogens is 446 g/mol. The molecule has 0 saturated heterocycles. The molecule has 7 heteroatoms. The molecule has 0 spiro atoms. The summed E-state index contributed by atoms with van der Waals surface area (Å²) >= 11 is 3.42. The third kappa shape index (κ3) is 3.50. The van der Waals surface area contributed by atoms with Crippen molar-refractivity contribution < 1.29 is 14.7 Å². The molecule has 2 aliphatic rings. The second kappa shape index (κ2) is 8.04. The lowest BCUT2D eigenvalue weighted by Crippen LogP contribution is -2.64. The first kappa shape index (κ1) is 20.9. The summed E-state index contributed by atoms with van der Waals surface area (Å²) in [5.41, 5.74) is -1.00. The average Bonchev–Trinajstić information content (AvgIpc) is 2.73. The molecule has 2 aromatic rings. The van der Waals surface area contributed by atoms with Crippen molar-refractivity contribution in [1.29, 1.82) is 0 Å². The third-order valence-corrected chi connectivity index (χ3v) is 6.97. The minimum atomic E-state index is -2.18. The lowest BCUT2D eigenvalue weighted by atomic mass is 9.78. The van der Waals surface area contributed by atoms with Gasteiger partial charge >= 0.3 is 6.03 Å². The molecule has 1 aliphatic carbocycles. The quantitative estimate of drug-likeness (QED) is 0.612. The highest BCUT2D eigenvalue weighted by molar-refractivity contribution is 9.10. The number of rotatable bonds is 3. The Balaban J connectivity index is 1.80. The van der Waals surface area contributed by atoms with Crippen molar-refractivity contribution in [2.24, 2.45) is 11.8 Å². The maximum atomic E-state index is 13.6. The van der Waals surface area contributed by atoms with Crippen LogP contribution in [0.25, 0.3) is 0 Å². The van der Waals surface area contributed by atoms with Crippen LogP contribution in [0, 0.1) is 11.8 Å². The monoisotopic (exact) mass is 471 g/mol. The molecule has 0 radical (unpaired) electrons. The van der Waals surface area contributed by atoms with Crippen molar-refractivity contribution >= 4 is 39.2 Å². The van der Waals surface area contributed by atoms with Gasteiger partial charge < -0.3 is 15.7 Å². The number of carbonyl (C=O) groups is 2. The molecule has 1 fully saturated rings. The molecule has 1 aliphatic heterocycles. The van der Waals surface area contributed by atoms with E-state index in [1.165, 1.54) is 0 Å². The zero-order chi connectivity index (χ0) is 21.5. The van der Waals surface area contributed by atoms with E-state index in [1.807, 2.05) is 6.07 Å². The van der Waals surface area contributed by atoms with E-state index in [0.717, 1.165) is 24.2 Å². The second-order valence-corrected chi connectivity index (χ2v) is 9.23. The van der Waals surface area contributed by atoms with Gasteiger partial charge in [-0.15, -0.1) is 0 Å². The summed E-state index contributed by atoms with van der Waals surface area (Å²) in [4.78, 5) is 27.8. The average molecular weight is 472 g/mol. The number of benzene rings is 2. The number of urea groups is 1. The number of nitrogens with zero attached hydrogens (tertiary/aromatic N) is 1. The summed E-state index contributed by atoms with van der Waals surface area (Å²) in [6.45, 7) is 4.32. The maximum Gasteiger partial charge on any atom is 0.329 e. The fraction of sp³-hybridized carbons (Fsp3) is 0.391. The Morgan fingerprint density at radius 1 is 1.20 bits per heavy atom. The van der Waals surface area contributed by atoms with Gasteiger partial charge in [0, 0.05) is 21.8 Å². The van der Waals surface area contributed by atoms with E-state index in [-0.39, 0.29) is 12.0 Å². The van der Waals surface area contributed by atoms with E-state index in [1.54, 1.807) is 42.5 Å². The fourth-order valence-corrected chi connectivity index (χ4v) is 4.87. The summed E-state index contributed by atoms with van der Waals surface area (Å²) < 4.78 is 0.705. The van der Waals surface area contributed by atoms with Crippen LogP contribution in [-0.2, 0) is 10.5 Å². The van der Waals surface area contributed by atoms with Gasteiger partial charge in [-0.05, 0) is 48.6 Å². The number of aliphatic hydroxyl groups is 1. The first-order valence-corrected chi connectivity index (χ1v) is 11.1. The van der Waals surface area contributed by atoms with Gasteiger partial charge in [0.2, 0.25) is 0 Å². The third-order valence-electron chi connectivity index (χ3n) is 6.48. The molecule has 0 unspecified atom stereocenters. The van der Waals surface area contributed by atoms with Crippen LogP contribution in [0.15, 0.2) is 53.0 Å². The lowest BCUT2D eigenvalue weighted by Gasteiger charge is -2.44. The largest absolute Gasteiger partial charge is 0.359 e. The number of hydrogen-bond donors (Lipinski definition) is 3. The van der Waals surface area contributed by atoms with Crippen LogP contribution in [-0.4, -0.2) is 23.1 Å². The summed E-state index contributed by atoms with van der Waals surface area (Å²) in [6.07, 6.45) is 3.02. The van der Waals surface area contributed by atoms with Crippen molar-refractivity contribution in [2.75, 3.05) is 10.2 Å². The van der Waals surface area contributed by atoms with Gasteiger partial charge in [0.25, 0.3) is 11.6 Å². The Bertz CT molecular complexity index is 967. The smallest absolute Gasteiger partial charge is 0.329 e. The number of carbonyl (C=O) groups excluding carboxylic acids is 2. The molecule has 0 bridgehead atoms. The molecule has 1 saturated carbocycles. The Hall–Kier alpha value is -2.38. The Morgan fingerprint density at radius 3 is 2.67 bits per heavy atom. The summed E-state index contributed by atoms with van der Waals surface area (Å²) in [5.74, 6) is 0.183. The Labute approximate surface area is 184 Å². The van der Waals surface area contributed by atoms with Crippen LogP contribution in [0.3, 0.4) is 0 Å². The van der Waals surface area contributed by atoms with Gasteiger partial charge in [-0.3, -0.25) is 9.69 Å². The summed E-state index contributed by atoms with van der Waals surface area (Å²) in [7, 11) is 0. The van der Waals surface area contributed by atoms with Crippen LogP contribution in [0.5, 0.6) is 0 Å². The Kier molecular flexibility index (Phi) is 5.59. The highest BCUT2D eigenvalue weighted by atomic mass is 79.9. The molecule has 6 nitrogen and oxygen atoms in total. The van der Waals surface area contributed by atoms with E-state index >= 15 is 0 Å². The number of fused-ring (bicyclic) bond motifs is 1. The molecule has 2 aromatic carbocycles. The predicted molar refractivity (Wildman–Crippen MR) is 120 cm³/mol. The van der Waals surface area contributed by atoms with Crippen LogP contribution in [0.2, 0.25) is 0 Å². The zero-order valence-electron chi connectivity index (χ0n) is 17.1. The van der Waals surface area contributed by atoms with E-state index in [9.17, 15) is 14.7 Å². The molecule has 4 atom stereocenters. The van der Waals surface area contributed by atoms with Crippen LogP contribution in [0.1, 0.15) is 38.7 Å². The van der Waals surface area contributed by atoms with E-state index < -0.39 is 17.7 Å². The Morgan fingerprint density at radius 2 is 1.93 bits per heavy atom. The number of amides is 3. The number of para-hydroxylation sites is 1. The molecule has 1 heterocycles. The van der Waals surface area contributed by atoms with Crippen molar-refractivity contribution in [2.45, 2.75) is 44.9 Å². The molecule has 3 N–H and O–H groups in total. The molecule has 4 rings (SSSR count). The summed E-state index contributed by atoms with van der Waals surface area (Å²) in [5, 5.41) is 17.8. The van der Waals surface area contributed by atoms with Crippen molar-refractivity contribution in [3.8, 4) is 0 Å². The van der Waals surface area contributed by atoms with Gasteiger partial charge in [-0.1, -0.05) is 60.8 Å². The molecule has 158 valence electrons. The second-order valence-electron chi connectivity index (χ2n) is 8.31. The number of halogens is 1. The number of anilines is 2. The van der Waals surface area contributed by atoms with E-state index in [4.69, 9.17) is 0 Å². The van der Waals surface area contributed by atoms with Crippen molar-refractivity contribution in [3.63, 3.8) is 0 Å². The first-order chi connectivity index (χ1) is 14.3. The van der Waals surface area contributed by atoms with Crippen LogP contribution < -0.4 is 15.5 Å². The fourth-order valence-electron chi connectivity index (χ4n) is 4.51. The van der Waals surface area contributed by atoms with E-state index in [2.05, 4.69) is 40.4 Å². The molecule has 30 heavy (non-hydrogen) atoms. The van der Waals surface area contributed by atoms with Gasteiger partial charge in [0.15, 0.2) is 0 Å². The van der Waals surface area contributed by atoms with Crippen molar-refractivity contribution in [3.05, 3.63) is 58.6 Å². The standard InChI is InChI=1S/C23H26BrN3O3/c1-14-7-6-10-19(15(14)2)25-21(28)23(30)18-13-16(24)11-12-20(18)26-22(29)27(23)17-8-4-3-5-9-17/h3-5,8-9,11-15,19,30H,6-7,10H2,1-2H3,(H,25,28)(H,26,29)/t14-,15-,19-,23-/m1/s1. The van der Waals surface area contributed by atoms with Crippen molar-refractivity contribution in [1.82, 2.24) is 5.32 Å². The minimum absolute atomic E-state index is 0.0523. The first-order valence-electron chi connectivity index (χ1n) is 10.3. The summed E-state index contributed by atoms with van der Waals surface area (Å²) in [6, 6.07) is 13.3. The van der Waals surface area contributed by atoms with Gasteiger partial charge in [-0.2, -0.15) is 0 Å². The topological polar surface area (TPSA) is 81.7 Å². The highest BCUT2D eigenvalue weighted by Gasteiger charge is 2.52. The van der Waals surface area contributed by atoms with Gasteiger partial charge in [0.1, 0.15) is 0 Å². The van der Waals surface area contributed by atoms with Crippen LogP contribution >= 0.6 is 15.9 Å². The van der Waals surface area contributed by atoms with Gasteiger partial charge in [-0.25, -0.2) is 4.79 Å². The molecule has 3 amide bonds. The molecular formula is C23H26BrN3O3. The predicted octanol–water partition coefficient (Wildman–Crippen LogP) is 4.59. The SMILES string of the molecule is C[C@@H]1[C@H](C)CCC[C@H]1NC(=O)[C@]1(O)c2cc(Br)ccc2NC(=O)N1c1ccccc1. The van der Waals surface area contributed by atoms with E-state index in [0.29, 0.717) is 27.3 Å². The molecule has 0 aromatic heterocycles. The van der Waals surface area contributed by atoms with Gasteiger partial charge in [0.05, 0.1) is 5.69 Å². The lowest BCUT2D eigenvalue weighted by molar-refractivity contribution is -0.141. The highest BCUT2D eigenvalue weighted by Crippen LogP contribution is 2.41. The normalized spacial score (nSPS) is 28.5. The minimum Gasteiger partial charge on any atom is -0.359 e. The number of nitrogens with one attached hydrogen (secondary N) is 2. The van der Waals surface area contributed by atoms with Crippen LogP contribution in [0.4, 0.5) is 16.2 Å². The maximum absolute atomic E-state index is 13.6.